The second-order valence-electron chi connectivity index (χ2n) is 6.33. The van der Waals surface area contributed by atoms with Gasteiger partial charge >= 0.3 is 0 Å². The molecule has 0 aliphatic rings. The van der Waals surface area contributed by atoms with E-state index in [9.17, 15) is 0 Å². The van der Waals surface area contributed by atoms with E-state index in [0.717, 1.165) is 13.1 Å². The third kappa shape index (κ3) is 4.04. The van der Waals surface area contributed by atoms with Gasteiger partial charge in [-0.05, 0) is 28.8 Å². The maximum Gasteiger partial charge on any atom is 0.0920 e. The van der Waals surface area contributed by atoms with Gasteiger partial charge in [0, 0.05) is 18.0 Å². The third-order valence-electron chi connectivity index (χ3n) is 4.39. The summed E-state index contributed by atoms with van der Waals surface area (Å²) in [7, 11) is 0. The number of thiophene rings is 1. The summed E-state index contributed by atoms with van der Waals surface area (Å²) in [5.74, 6) is 0. The van der Waals surface area contributed by atoms with Crippen LogP contribution in [0, 0.1) is 0 Å². The molecule has 0 bridgehead atoms. The Morgan fingerprint density at radius 1 is 0.538 bits per heavy atom. The number of nitrogens with zero attached hydrogens (tertiary/aromatic N) is 1. The van der Waals surface area contributed by atoms with E-state index >= 15 is 0 Å². The van der Waals surface area contributed by atoms with Gasteiger partial charge in [-0.25, -0.2) is 0 Å². The van der Waals surface area contributed by atoms with Crippen molar-refractivity contribution in [3.05, 3.63) is 114 Å². The average molecular weight is 356 g/mol. The zero-order chi connectivity index (χ0) is 17.6. The standard InChI is InChI=1S/C24H21NS/c1-4-10-20(11-5-1)18-25(19-21-12-6-2-7-13-21)24-17-16-23(26-24)22-14-8-3-9-15-22/h1-17H,18-19H2. The minimum atomic E-state index is 0.907. The first kappa shape index (κ1) is 16.6. The molecule has 0 saturated carbocycles. The van der Waals surface area contributed by atoms with Gasteiger partial charge in [-0.3, -0.25) is 0 Å². The van der Waals surface area contributed by atoms with E-state index in [1.807, 2.05) is 11.3 Å². The molecule has 0 spiro atoms. The maximum atomic E-state index is 2.46. The summed E-state index contributed by atoms with van der Waals surface area (Å²) >= 11 is 1.86. The van der Waals surface area contributed by atoms with Crippen LogP contribution in [0.15, 0.2) is 103 Å². The maximum absolute atomic E-state index is 2.46. The topological polar surface area (TPSA) is 3.24 Å². The molecule has 0 N–H and O–H groups in total. The largest absolute Gasteiger partial charge is 0.355 e. The fourth-order valence-electron chi connectivity index (χ4n) is 3.07. The fraction of sp³-hybridized carbons (Fsp3) is 0.0833. The number of rotatable bonds is 6. The number of anilines is 1. The van der Waals surface area contributed by atoms with Crippen LogP contribution in [0.3, 0.4) is 0 Å². The molecule has 0 amide bonds. The highest BCUT2D eigenvalue weighted by Gasteiger charge is 2.12. The SMILES string of the molecule is c1ccc(CN(Cc2ccccc2)c2ccc(-c3ccccc3)s2)cc1. The minimum Gasteiger partial charge on any atom is -0.355 e. The van der Waals surface area contributed by atoms with Crippen molar-refractivity contribution in [3.63, 3.8) is 0 Å². The third-order valence-corrected chi connectivity index (χ3v) is 5.59. The molecule has 0 radical (unpaired) electrons. The molecule has 3 aromatic carbocycles. The van der Waals surface area contributed by atoms with Crippen LogP contribution in [-0.2, 0) is 13.1 Å². The van der Waals surface area contributed by atoms with Gasteiger partial charge in [-0.1, -0.05) is 91.0 Å². The van der Waals surface area contributed by atoms with Crippen molar-refractivity contribution in [1.82, 2.24) is 0 Å². The predicted molar refractivity (Wildman–Crippen MR) is 113 cm³/mol. The molecule has 4 rings (SSSR count). The molecule has 0 aliphatic heterocycles. The smallest absolute Gasteiger partial charge is 0.0920 e. The summed E-state index contributed by atoms with van der Waals surface area (Å²) in [5.41, 5.74) is 3.94. The minimum absolute atomic E-state index is 0.907. The van der Waals surface area contributed by atoms with Crippen LogP contribution in [-0.4, -0.2) is 0 Å². The van der Waals surface area contributed by atoms with Crippen molar-refractivity contribution < 1.29 is 0 Å². The second-order valence-corrected chi connectivity index (χ2v) is 7.39. The first-order valence-corrected chi connectivity index (χ1v) is 9.68. The van der Waals surface area contributed by atoms with E-state index in [2.05, 4.69) is 108 Å². The predicted octanol–water partition coefficient (Wildman–Crippen LogP) is 6.62. The van der Waals surface area contributed by atoms with Crippen LogP contribution in [0.25, 0.3) is 10.4 Å². The molecule has 0 aliphatic carbocycles. The first-order chi connectivity index (χ1) is 12.9. The van der Waals surface area contributed by atoms with Crippen molar-refractivity contribution in [2.24, 2.45) is 0 Å². The quantitative estimate of drug-likeness (QED) is 0.375. The van der Waals surface area contributed by atoms with Gasteiger partial charge in [0.15, 0.2) is 0 Å². The van der Waals surface area contributed by atoms with Crippen LogP contribution in [0.4, 0.5) is 5.00 Å². The molecule has 2 heteroatoms. The summed E-state index contributed by atoms with van der Waals surface area (Å²) < 4.78 is 0. The molecule has 0 atom stereocenters. The molecule has 1 heterocycles. The highest BCUT2D eigenvalue weighted by Crippen LogP contribution is 2.35. The highest BCUT2D eigenvalue weighted by atomic mass is 32.1. The van der Waals surface area contributed by atoms with Gasteiger partial charge in [-0.2, -0.15) is 0 Å². The molecule has 128 valence electrons. The Morgan fingerprint density at radius 3 is 1.58 bits per heavy atom. The van der Waals surface area contributed by atoms with E-state index in [1.54, 1.807) is 0 Å². The Morgan fingerprint density at radius 2 is 1.04 bits per heavy atom. The van der Waals surface area contributed by atoms with Crippen molar-refractivity contribution in [3.8, 4) is 10.4 Å². The first-order valence-electron chi connectivity index (χ1n) is 8.86. The number of hydrogen-bond donors (Lipinski definition) is 0. The highest BCUT2D eigenvalue weighted by molar-refractivity contribution is 7.19. The average Bonchev–Trinajstić information content (AvgIpc) is 3.20. The van der Waals surface area contributed by atoms with E-state index in [-0.39, 0.29) is 0 Å². The molecule has 1 nitrogen and oxygen atoms in total. The molecule has 0 saturated heterocycles. The van der Waals surface area contributed by atoms with Crippen LogP contribution in [0.2, 0.25) is 0 Å². The van der Waals surface area contributed by atoms with Gasteiger partial charge in [-0.15, -0.1) is 11.3 Å². The van der Waals surface area contributed by atoms with Crippen LogP contribution in [0.5, 0.6) is 0 Å². The lowest BCUT2D eigenvalue weighted by molar-refractivity contribution is 0.809. The monoisotopic (exact) mass is 355 g/mol. The van der Waals surface area contributed by atoms with Crippen LogP contribution >= 0.6 is 11.3 Å². The number of hydrogen-bond acceptors (Lipinski definition) is 2. The Hall–Kier alpha value is -2.84. The zero-order valence-corrected chi connectivity index (χ0v) is 15.4. The Labute approximate surface area is 159 Å². The molecular weight excluding hydrogens is 334 g/mol. The van der Waals surface area contributed by atoms with Crippen molar-refractivity contribution >= 4 is 16.3 Å². The van der Waals surface area contributed by atoms with Gasteiger partial charge in [0.05, 0.1) is 5.00 Å². The second kappa shape index (κ2) is 8.03. The van der Waals surface area contributed by atoms with E-state index in [1.165, 1.54) is 26.6 Å². The Kier molecular flexibility index (Phi) is 5.13. The molecule has 4 aromatic rings. The summed E-state index contributed by atoms with van der Waals surface area (Å²) in [6, 6.07) is 36.5. The van der Waals surface area contributed by atoms with Gasteiger partial charge in [0.2, 0.25) is 0 Å². The summed E-state index contributed by atoms with van der Waals surface area (Å²) in [5, 5.41) is 1.30. The lowest BCUT2D eigenvalue weighted by Gasteiger charge is -2.23. The summed E-state index contributed by atoms with van der Waals surface area (Å²) in [6.45, 7) is 1.81. The lowest BCUT2D eigenvalue weighted by atomic mass is 10.1. The van der Waals surface area contributed by atoms with E-state index in [0.29, 0.717) is 0 Å². The summed E-state index contributed by atoms with van der Waals surface area (Å²) in [4.78, 5) is 3.77. The fourth-order valence-corrected chi connectivity index (χ4v) is 4.08. The van der Waals surface area contributed by atoms with E-state index < -0.39 is 0 Å². The Balaban J connectivity index is 1.63. The van der Waals surface area contributed by atoms with Crippen LogP contribution < -0.4 is 4.90 Å². The summed E-state index contributed by atoms with van der Waals surface area (Å²) in [6.07, 6.45) is 0. The van der Waals surface area contributed by atoms with Gasteiger partial charge in [0.25, 0.3) is 0 Å². The van der Waals surface area contributed by atoms with Crippen molar-refractivity contribution in [2.45, 2.75) is 13.1 Å². The van der Waals surface area contributed by atoms with E-state index in [4.69, 9.17) is 0 Å². The zero-order valence-electron chi connectivity index (χ0n) is 14.6. The van der Waals surface area contributed by atoms with Crippen molar-refractivity contribution in [2.75, 3.05) is 4.90 Å². The molecule has 0 fully saturated rings. The molecule has 0 unspecified atom stereocenters. The normalized spacial score (nSPS) is 10.6. The number of benzene rings is 3. The molecule has 1 aromatic heterocycles. The van der Waals surface area contributed by atoms with Gasteiger partial charge in [0.1, 0.15) is 0 Å². The molecular formula is C24H21NS. The van der Waals surface area contributed by atoms with Crippen molar-refractivity contribution in [1.29, 1.82) is 0 Å². The van der Waals surface area contributed by atoms with Crippen LogP contribution in [0.1, 0.15) is 11.1 Å². The Bertz CT molecular complexity index is 888. The van der Waals surface area contributed by atoms with Gasteiger partial charge < -0.3 is 4.90 Å². The lowest BCUT2D eigenvalue weighted by Crippen LogP contribution is -2.21. The molecule has 26 heavy (non-hydrogen) atoms.